The van der Waals surface area contributed by atoms with Gasteiger partial charge in [0, 0.05) is 22.8 Å². The van der Waals surface area contributed by atoms with Crippen molar-refractivity contribution < 1.29 is 19.1 Å². The standard InChI is InChI=1S/C28H27N3O4/c1-18-7-10-22(11-8-18)34-14-13-31-25-16-21(9-12-26(25)35-19(2)28(31)33)30-27(32)15-20-17-29-24-6-4-3-5-23(20)24/h3-12,16-17,19,29H,13-15H2,1-2H3,(H,30,32). The van der Waals surface area contributed by atoms with Crippen LogP contribution in [0, 0.1) is 6.92 Å². The third-order valence-corrected chi connectivity index (χ3v) is 6.08. The average Bonchev–Trinajstić information content (AvgIpc) is 3.25. The molecular weight excluding hydrogens is 442 g/mol. The molecular formula is C28H27N3O4. The van der Waals surface area contributed by atoms with Crippen LogP contribution >= 0.6 is 0 Å². The first-order chi connectivity index (χ1) is 17.0. The molecule has 1 aliphatic rings. The Hall–Kier alpha value is -4.26. The predicted molar refractivity (Wildman–Crippen MR) is 136 cm³/mol. The molecule has 2 heterocycles. The fraction of sp³-hybridized carbons (Fsp3) is 0.214. The highest BCUT2D eigenvalue weighted by molar-refractivity contribution is 6.01. The van der Waals surface area contributed by atoms with Gasteiger partial charge in [-0.25, -0.2) is 0 Å². The fourth-order valence-corrected chi connectivity index (χ4v) is 4.26. The number of H-pyrrole nitrogens is 1. The molecule has 5 rings (SSSR count). The van der Waals surface area contributed by atoms with E-state index in [1.807, 2.05) is 61.7 Å². The average molecular weight is 470 g/mol. The molecule has 1 aliphatic heterocycles. The Kier molecular flexibility index (Phi) is 6.14. The highest BCUT2D eigenvalue weighted by Gasteiger charge is 2.31. The summed E-state index contributed by atoms with van der Waals surface area (Å²) in [5.74, 6) is 1.07. The van der Waals surface area contributed by atoms with Gasteiger partial charge in [-0.1, -0.05) is 35.9 Å². The highest BCUT2D eigenvalue weighted by Crippen LogP contribution is 2.36. The first-order valence-corrected chi connectivity index (χ1v) is 11.6. The van der Waals surface area contributed by atoms with Crippen LogP contribution in [0.15, 0.2) is 72.9 Å². The number of nitrogens with one attached hydrogen (secondary N) is 2. The minimum atomic E-state index is -0.593. The van der Waals surface area contributed by atoms with E-state index < -0.39 is 6.10 Å². The topological polar surface area (TPSA) is 83.7 Å². The summed E-state index contributed by atoms with van der Waals surface area (Å²) < 4.78 is 11.6. The number of rotatable bonds is 7. The second-order valence-electron chi connectivity index (χ2n) is 8.68. The lowest BCUT2D eigenvalue weighted by Gasteiger charge is -2.33. The number of amides is 2. The summed E-state index contributed by atoms with van der Waals surface area (Å²) in [4.78, 5) is 30.5. The van der Waals surface area contributed by atoms with Crippen LogP contribution in [0.4, 0.5) is 11.4 Å². The number of hydrogen-bond donors (Lipinski definition) is 2. The Morgan fingerprint density at radius 3 is 2.74 bits per heavy atom. The molecule has 2 amide bonds. The van der Waals surface area contributed by atoms with Gasteiger partial charge in [-0.3, -0.25) is 9.59 Å². The number of aromatic amines is 1. The molecule has 0 radical (unpaired) electrons. The summed E-state index contributed by atoms with van der Waals surface area (Å²) in [5, 5.41) is 3.98. The minimum absolute atomic E-state index is 0.139. The van der Waals surface area contributed by atoms with E-state index in [9.17, 15) is 9.59 Å². The van der Waals surface area contributed by atoms with E-state index in [-0.39, 0.29) is 18.2 Å². The summed E-state index contributed by atoms with van der Waals surface area (Å²) in [6, 6.07) is 21.0. The van der Waals surface area contributed by atoms with E-state index in [1.165, 1.54) is 0 Å². The van der Waals surface area contributed by atoms with Crippen molar-refractivity contribution in [2.24, 2.45) is 0 Å². The molecule has 7 nitrogen and oxygen atoms in total. The number of fused-ring (bicyclic) bond motifs is 2. The van der Waals surface area contributed by atoms with Crippen molar-refractivity contribution in [2.75, 3.05) is 23.4 Å². The quantitative estimate of drug-likeness (QED) is 0.405. The predicted octanol–water partition coefficient (Wildman–Crippen LogP) is 4.85. The zero-order chi connectivity index (χ0) is 24.4. The maximum Gasteiger partial charge on any atom is 0.267 e. The van der Waals surface area contributed by atoms with Crippen LogP contribution in [0.25, 0.3) is 10.9 Å². The van der Waals surface area contributed by atoms with Gasteiger partial charge >= 0.3 is 0 Å². The third kappa shape index (κ3) is 4.84. The minimum Gasteiger partial charge on any atom is -0.492 e. The Balaban J connectivity index is 1.29. The molecule has 178 valence electrons. The van der Waals surface area contributed by atoms with Gasteiger partial charge in [-0.05, 0) is 55.8 Å². The lowest BCUT2D eigenvalue weighted by atomic mass is 10.1. The van der Waals surface area contributed by atoms with Gasteiger partial charge in [0.05, 0.1) is 18.7 Å². The molecule has 1 aromatic heterocycles. The van der Waals surface area contributed by atoms with E-state index in [0.717, 1.165) is 27.8 Å². The molecule has 4 aromatic rings. The molecule has 0 aliphatic carbocycles. The van der Waals surface area contributed by atoms with Gasteiger partial charge < -0.3 is 24.7 Å². The van der Waals surface area contributed by atoms with Crippen LogP contribution in [-0.4, -0.2) is 36.1 Å². The Morgan fingerprint density at radius 1 is 1.11 bits per heavy atom. The maximum atomic E-state index is 12.9. The third-order valence-electron chi connectivity index (χ3n) is 6.08. The zero-order valence-corrected chi connectivity index (χ0v) is 19.7. The lowest BCUT2D eigenvalue weighted by molar-refractivity contribution is -0.125. The summed E-state index contributed by atoms with van der Waals surface area (Å²) >= 11 is 0. The SMILES string of the molecule is Cc1ccc(OCCN2C(=O)C(C)Oc3ccc(NC(=O)Cc4c[nH]c5ccccc45)cc32)cc1. The molecule has 2 N–H and O–H groups in total. The summed E-state index contributed by atoms with van der Waals surface area (Å²) in [6.45, 7) is 4.44. The summed E-state index contributed by atoms with van der Waals surface area (Å²) in [6.07, 6.45) is 1.51. The van der Waals surface area contributed by atoms with Crippen LogP contribution in [0.1, 0.15) is 18.1 Å². The molecule has 7 heteroatoms. The van der Waals surface area contributed by atoms with Crippen LogP contribution in [0.5, 0.6) is 11.5 Å². The van der Waals surface area contributed by atoms with E-state index in [0.29, 0.717) is 30.3 Å². The second kappa shape index (κ2) is 9.54. The number of carbonyl (C=O) groups is 2. The van der Waals surface area contributed by atoms with Gasteiger partial charge in [-0.15, -0.1) is 0 Å². The van der Waals surface area contributed by atoms with E-state index in [4.69, 9.17) is 9.47 Å². The van der Waals surface area contributed by atoms with Gasteiger partial charge in [0.15, 0.2) is 6.10 Å². The van der Waals surface area contributed by atoms with Crippen molar-refractivity contribution in [3.63, 3.8) is 0 Å². The van der Waals surface area contributed by atoms with Crippen molar-refractivity contribution in [3.05, 3.63) is 84.1 Å². The smallest absolute Gasteiger partial charge is 0.267 e. The van der Waals surface area contributed by atoms with Crippen LogP contribution < -0.4 is 19.7 Å². The second-order valence-corrected chi connectivity index (χ2v) is 8.68. The van der Waals surface area contributed by atoms with Crippen molar-refractivity contribution in [2.45, 2.75) is 26.4 Å². The number of anilines is 2. The molecule has 3 aromatic carbocycles. The molecule has 0 spiro atoms. The number of ether oxygens (including phenoxy) is 2. The molecule has 0 fully saturated rings. The molecule has 1 atom stereocenters. The highest BCUT2D eigenvalue weighted by atomic mass is 16.5. The van der Waals surface area contributed by atoms with Crippen molar-refractivity contribution in [1.82, 2.24) is 4.98 Å². The number of aromatic nitrogens is 1. The first-order valence-electron chi connectivity index (χ1n) is 11.6. The number of para-hydroxylation sites is 1. The number of aryl methyl sites for hydroxylation is 1. The maximum absolute atomic E-state index is 12.9. The van der Waals surface area contributed by atoms with Crippen molar-refractivity contribution >= 4 is 34.1 Å². The molecule has 35 heavy (non-hydrogen) atoms. The number of nitrogens with zero attached hydrogens (tertiary/aromatic N) is 1. The van der Waals surface area contributed by atoms with E-state index in [1.54, 1.807) is 30.0 Å². The van der Waals surface area contributed by atoms with Gasteiger partial charge in [-0.2, -0.15) is 0 Å². The van der Waals surface area contributed by atoms with Crippen LogP contribution in [0.3, 0.4) is 0 Å². The van der Waals surface area contributed by atoms with Crippen molar-refractivity contribution in [1.29, 1.82) is 0 Å². The number of benzene rings is 3. The van der Waals surface area contributed by atoms with Gasteiger partial charge in [0.2, 0.25) is 5.91 Å². The van der Waals surface area contributed by atoms with Crippen LogP contribution in [-0.2, 0) is 16.0 Å². The number of carbonyl (C=O) groups excluding carboxylic acids is 2. The molecule has 1 unspecified atom stereocenters. The number of hydrogen-bond acceptors (Lipinski definition) is 4. The monoisotopic (exact) mass is 469 g/mol. The summed E-state index contributed by atoms with van der Waals surface area (Å²) in [5.41, 5.74) is 4.30. The normalized spacial score (nSPS) is 15.0. The largest absolute Gasteiger partial charge is 0.492 e. The molecule has 0 saturated carbocycles. The van der Waals surface area contributed by atoms with E-state index >= 15 is 0 Å². The zero-order valence-electron chi connectivity index (χ0n) is 19.7. The van der Waals surface area contributed by atoms with E-state index in [2.05, 4.69) is 10.3 Å². The fourth-order valence-electron chi connectivity index (χ4n) is 4.26. The first kappa shape index (κ1) is 22.5. The van der Waals surface area contributed by atoms with Gasteiger partial charge in [0.25, 0.3) is 5.91 Å². The lowest BCUT2D eigenvalue weighted by Crippen LogP contribution is -2.46. The van der Waals surface area contributed by atoms with Gasteiger partial charge in [0.1, 0.15) is 18.1 Å². The summed E-state index contributed by atoms with van der Waals surface area (Å²) in [7, 11) is 0. The Labute approximate surface area is 203 Å². The Bertz CT molecular complexity index is 1380. The Morgan fingerprint density at radius 2 is 1.91 bits per heavy atom. The van der Waals surface area contributed by atoms with Crippen LogP contribution in [0.2, 0.25) is 0 Å². The molecule has 0 bridgehead atoms. The van der Waals surface area contributed by atoms with Crippen molar-refractivity contribution in [3.8, 4) is 11.5 Å². The molecule has 0 saturated heterocycles.